The molecule has 1 unspecified atom stereocenters. The van der Waals surface area contributed by atoms with Crippen molar-refractivity contribution in [1.82, 2.24) is 20.5 Å². The standard InChI is InChI=1S/C24H32N4O5/c1-16(28(23(32)33)24(2,3)4)21(30)27-19(14-17-10-6-5-7-11-17)20(29)22(31)26-15-18-12-8-9-13-25-18/h5-13,16,19-20,29H,14-15H2,1-4H3,(H,26,31)(H,27,30)(H,32,33)/t16?,19-,20+/m1/s1. The van der Waals surface area contributed by atoms with Crippen LogP contribution in [0, 0.1) is 0 Å². The number of nitrogens with zero attached hydrogens (tertiary/aromatic N) is 2. The van der Waals surface area contributed by atoms with Gasteiger partial charge < -0.3 is 20.8 Å². The zero-order chi connectivity index (χ0) is 24.6. The zero-order valence-electron chi connectivity index (χ0n) is 19.4. The van der Waals surface area contributed by atoms with Crippen LogP contribution in [0.25, 0.3) is 0 Å². The highest BCUT2D eigenvalue weighted by atomic mass is 16.4. The molecule has 0 spiro atoms. The quantitative estimate of drug-likeness (QED) is 0.456. The minimum Gasteiger partial charge on any atom is -0.465 e. The Balaban J connectivity index is 2.17. The number of nitrogens with one attached hydrogen (secondary N) is 2. The molecular weight excluding hydrogens is 424 g/mol. The van der Waals surface area contributed by atoms with Crippen molar-refractivity contribution in [3.05, 3.63) is 66.0 Å². The van der Waals surface area contributed by atoms with Gasteiger partial charge in [0.2, 0.25) is 5.91 Å². The maximum atomic E-state index is 13.0. The highest BCUT2D eigenvalue weighted by Gasteiger charge is 2.36. The minimum absolute atomic E-state index is 0.121. The van der Waals surface area contributed by atoms with Gasteiger partial charge in [0.15, 0.2) is 6.10 Å². The van der Waals surface area contributed by atoms with E-state index in [1.54, 1.807) is 45.2 Å². The second-order valence-electron chi connectivity index (χ2n) is 8.79. The number of carbonyl (C=O) groups excluding carboxylic acids is 2. The number of amides is 3. The number of aromatic nitrogens is 1. The molecule has 33 heavy (non-hydrogen) atoms. The molecule has 0 saturated carbocycles. The number of rotatable bonds is 9. The van der Waals surface area contributed by atoms with Crippen molar-refractivity contribution >= 4 is 17.9 Å². The monoisotopic (exact) mass is 456 g/mol. The van der Waals surface area contributed by atoms with Gasteiger partial charge >= 0.3 is 6.09 Å². The van der Waals surface area contributed by atoms with Crippen LogP contribution in [-0.4, -0.2) is 61.7 Å². The third-order valence-corrected chi connectivity index (χ3v) is 5.14. The topological polar surface area (TPSA) is 132 Å². The van der Waals surface area contributed by atoms with Gasteiger partial charge in [-0.05, 0) is 51.8 Å². The molecule has 2 aromatic rings. The summed E-state index contributed by atoms with van der Waals surface area (Å²) in [5.41, 5.74) is 0.603. The number of carboxylic acid groups (broad SMARTS) is 1. The summed E-state index contributed by atoms with van der Waals surface area (Å²) in [6.45, 7) is 6.66. The van der Waals surface area contributed by atoms with Gasteiger partial charge in [0, 0.05) is 11.7 Å². The average molecular weight is 457 g/mol. The fraction of sp³-hybridized carbons (Fsp3) is 0.417. The molecule has 0 radical (unpaired) electrons. The maximum absolute atomic E-state index is 13.0. The number of aliphatic hydroxyl groups excluding tert-OH is 1. The lowest BCUT2D eigenvalue weighted by Crippen LogP contribution is -2.59. The van der Waals surface area contributed by atoms with Crippen molar-refractivity contribution in [3.63, 3.8) is 0 Å². The summed E-state index contributed by atoms with van der Waals surface area (Å²) >= 11 is 0. The average Bonchev–Trinajstić information content (AvgIpc) is 2.76. The first kappa shape index (κ1) is 25.8. The van der Waals surface area contributed by atoms with Crippen LogP contribution in [0.4, 0.5) is 4.79 Å². The van der Waals surface area contributed by atoms with Crippen LogP contribution in [-0.2, 0) is 22.6 Å². The van der Waals surface area contributed by atoms with Gasteiger partial charge in [-0.15, -0.1) is 0 Å². The molecule has 0 aliphatic carbocycles. The summed E-state index contributed by atoms with van der Waals surface area (Å²) in [5.74, 6) is -1.27. The molecule has 3 amide bonds. The van der Waals surface area contributed by atoms with Crippen molar-refractivity contribution in [2.45, 2.75) is 64.4 Å². The fourth-order valence-corrected chi connectivity index (χ4v) is 3.53. The Morgan fingerprint density at radius 3 is 2.21 bits per heavy atom. The second kappa shape index (κ2) is 11.4. The summed E-state index contributed by atoms with van der Waals surface area (Å²) in [4.78, 5) is 42.6. The summed E-state index contributed by atoms with van der Waals surface area (Å²) in [6, 6.07) is 12.4. The Hall–Kier alpha value is -3.46. The van der Waals surface area contributed by atoms with E-state index in [-0.39, 0.29) is 13.0 Å². The molecule has 0 aliphatic rings. The molecule has 3 atom stereocenters. The van der Waals surface area contributed by atoms with Gasteiger partial charge in [0.1, 0.15) is 6.04 Å². The summed E-state index contributed by atoms with van der Waals surface area (Å²) in [7, 11) is 0. The number of carbonyl (C=O) groups is 3. The molecule has 1 aromatic carbocycles. The number of benzene rings is 1. The first-order valence-electron chi connectivity index (χ1n) is 10.7. The molecule has 0 aliphatic heterocycles. The highest BCUT2D eigenvalue weighted by Crippen LogP contribution is 2.18. The molecule has 9 heteroatoms. The van der Waals surface area contributed by atoms with Crippen molar-refractivity contribution < 1.29 is 24.6 Å². The lowest BCUT2D eigenvalue weighted by atomic mass is 9.99. The van der Waals surface area contributed by atoms with E-state index < -0.39 is 41.6 Å². The molecule has 0 saturated heterocycles. The second-order valence-corrected chi connectivity index (χ2v) is 8.79. The Kier molecular flexibility index (Phi) is 8.93. The maximum Gasteiger partial charge on any atom is 0.408 e. The number of aliphatic hydroxyl groups is 1. The van der Waals surface area contributed by atoms with E-state index in [1.807, 2.05) is 30.3 Å². The third kappa shape index (κ3) is 7.57. The first-order valence-corrected chi connectivity index (χ1v) is 10.7. The van der Waals surface area contributed by atoms with Gasteiger partial charge in [-0.1, -0.05) is 36.4 Å². The molecule has 1 heterocycles. The van der Waals surface area contributed by atoms with Crippen LogP contribution in [0.15, 0.2) is 54.7 Å². The van der Waals surface area contributed by atoms with Crippen LogP contribution in [0.1, 0.15) is 39.0 Å². The van der Waals surface area contributed by atoms with Crippen molar-refractivity contribution in [3.8, 4) is 0 Å². The van der Waals surface area contributed by atoms with Gasteiger partial charge in [0.25, 0.3) is 5.91 Å². The molecule has 9 nitrogen and oxygen atoms in total. The first-order chi connectivity index (χ1) is 15.5. The molecule has 1 aromatic heterocycles. The van der Waals surface area contributed by atoms with Gasteiger partial charge in [-0.25, -0.2) is 4.79 Å². The Labute approximate surface area is 193 Å². The lowest BCUT2D eigenvalue weighted by molar-refractivity contribution is -0.134. The number of pyridine rings is 1. The number of hydrogen-bond acceptors (Lipinski definition) is 5. The van der Waals surface area contributed by atoms with E-state index >= 15 is 0 Å². The van der Waals surface area contributed by atoms with Crippen LogP contribution < -0.4 is 10.6 Å². The van der Waals surface area contributed by atoms with E-state index in [9.17, 15) is 24.6 Å². The van der Waals surface area contributed by atoms with Crippen LogP contribution in [0.2, 0.25) is 0 Å². The summed E-state index contributed by atoms with van der Waals surface area (Å²) < 4.78 is 0. The molecule has 2 rings (SSSR count). The van der Waals surface area contributed by atoms with Crippen molar-refractivity contribution in [2.75, 3.05) is 0 Å². The molecule has 4 N–H and O–H groups in total. The third-order valence-electron chi connectivity index (χ3n) is 5.14. The lowest BCUT2D eigenvalue weighted by Gasteiger charge is -2.38. The van der Waals surface area contributed by atoms with Gasteiger partial charge in [-0.2, -0.15) is 0 Å². The highest BCUT2D eigenvalue weighted by molar-refractivity contribution is 5.87. The predicted molar refractivity (Wildman–Crippen MR) is 123 cm³/mol. The summed E-state index contributed by atoms with van der Waals surface area (Å²) in [5, 5.41) is 25.7. The number of hydrogen-bond donors (Lipinski definition) is 4. The van der Waals surface area contributed by atoms with E-state index in [1.165, 1.54) is 6.92 Å². The SMILES string of the molecule is CC(C(=O)N[C@H](Cc1ccccc1)[C@H](O)C(=O)NCc1ccccn1)N(C(=O)O)C(C)(C)C. The Bertz CT molecular complexity index is 931. The van der Waals surface area contributed by atoms with Crippen molar-refractivity contribution in [2.24, 2.45) is 0 Å². The minimum atomic E-state index is -1.56. The van der Waals surface area contributed by atoms with Gasteiger partial charge in [-0.3, -0.25) is 19.5 Å². The Morgan fingerprint density at radius 2 is 1.67 bits per heavy atom. The van der Waals surface area contributed by atoms with Crippen LogP contribution >= 0.6 is 0 Å². The van der Waals surface area contributed by atoms with E-state index in [0.717, 1.165) is 10.5 Å². The van der Waals surface area contributed by atoms with E-state index in [2.05, 4.69) is 15.6 Å². The smallest absolute Gasteiger partial charge is 0.408 e. The van der Waals surface area contributed by atoms with Crippen LogP contribution in [0.5, 0.6) is 0 Å². The predicted octanol–water partition coefficient (Wildman–Crippen LogP) is 1.95. The normalized spacial score (nSPS) is 14.0. The summed E-state index contributed by atoms with van der Waals surface area (Å²) in [6.07, 6.45) is -1.02. The molecular formula is C24H32N4O5. The van der Waals surface area contributed by atoms with E-state index in [4.69, 9.17) is 0 Å². The fourth-order valence-electron chi connectivity index (χ4n) is 3.53. The Morgan fingerprint density at radius 1 is 1.03 bits per heavy atom. The van der Waals surface area contributed by atoms with Crippen molar-refractivity contribution in [1.29, 1.82) is 0 Å². The zero-order valence-corrected chi connectivity index (χ0v) is 19.4. The van der Waals surface area contributed by atoms with Gasteiger partial charge in [0.05, 0.1) is 18.3 Å². The van der Waals surface area contributed by atoms with Crippen LogP contribution in [0.3, 0.4) is 0 Å². The van der Waals surface area contributed by atoms with E-state index in [0.29, 0.717) is 5.69 Å². The molecule has 0 bridgehead atoms. The molecule has 0 fully saturated rings. The largest absolute Gasteiger partial charge is 0.465 e. The molecule has 178 valence electrons.